The van der Waals surface area contributed by atoms with Gasteiger partial charge in [0.1, 0.15) is 0 Å². The van der Waals surface area contributed by atoms with Crippen molar-refractivity contribution in [1.29, 1.82) is 0 Å². The Labute approximate surface area is 126 Å². The van der Waals surface area contributed by atoms with Crippen LogP contribution in [0.3, 0.4) is 0 Å². The molecule has 20 heavy (non-hydrogen) atoms. The van der Waals surface area contributed by atoms with Gasteiger partial charge in [0, 0.05) is 31.1 Å². The maximum absolute atomic E-state index is 5.53. The minimum Gasteiger partial charge on any atom is -0.380 e. The second-order valence-corrected chi connectivity index (χ2v) is 6.65. The van der Waals surface area contributed by atoms with Crippen LogP contribution >= 0.6 is 11.3 Å². The number of rotatable bonds is 6. The maximum atomic E-state index is 5.53. The summed E-state index contributed by atoms with van der Waals surface area (Å²) in [6.07, 6.45) is 2.27. The van der Waals surface area contributed by atoms with Crippen molar-refractivity contribution in [2.75, 3.05) is 37.7 Å². The topological polar surface area (TPSA) is 37.4 Å². The summed E-state index contributed by atoms with van der Waals surface area (Å²) in [5.41, 5.74) is 1.26. The fourth-order valence-corrected chi connectivity index (χ4v) is 3.62. The van der Waals surface area contributed by atoms with Gasteiger partial charge in [-0.25, -0.2) is 4.98 Å². The minimum atomic E-state index is 0.488. The lowest BCUT2D eigenvalue weighted by atomic mass is 10.1. The summed E-state index contributed by atoms with van der Waals surface area (Å²) in [7, 11) is 0. The number of anilines is 1. The molecule has 5 heteroatoms. The van der Waals surface area contributed by atoms with Crippen molar-refractivity contribution in [2.45, 2.75) is 46.1 Å². The van der Waals surface area contributed by atoms with Crippen molar-refractivity contribution in [3.8, 4) is 0 Å². The fourth-order valence-electron chi connectivity index (χ4n) is 2.38. The van der Waals surface area contributed by atoms with Crippen LogP contribution < -0.4 is 10.2 Å². The standard InChI is InChI=1S/C15H27N3OS/c1-4-6-16-11-13-14(12(2)3)17-15(20-13)18-7-5-9-19-10-8-18/h12,16H,4-11H2,1-3H3. The number of aromatic nitrogens is 1. The first-order chi connectivity index (χ1) is 9.72. The SMILES string of the molecule is CCCNCc1sc(N2CCCOCC2)nc1C(C)C. The quantitative estimate of drug-likeness (QED) is 0.819. The Hall–Kier alpha value is -0.650. The van der Waals surface area contributed by atoms with Gasteiger partial charge in [-0.2, -0.15) is 0 Å². The normalized spacial score (nSPS) is 16.7. The molecule has 0 atom stereocenters. The van der Waals surface area contributed by atoms with E-state index in [1.54, 1.807) is 0 Å². The van der Waals surface area contributed by atoms with Crippen LogP contribution in [0.2, 0.25) is 0 Å². The Morgan fingerprint density at radius 1 is 1.35 bits per heavy atom. The molecular weight excluding hydrogens is 270 g/mol. The molecule has 0 saturated carbocycles. The molecule has 0 unspecified atom stereocenters. The summed E-state index contributed by atoms with van der Waals surface area (Å²) in [4.78, 5) is 8.68. The van der Waals surface area contributed by atoms with Gasteiger partial charge >= 0.3 is 0 Å². The molecule has 1 aliphatic rings. The van der Waals surface area contributed by atoms with Crippen LogP contribution in [-0.4, -0.2) is 37.8 Å². The number of nitrogens with zero attached hydrogens (tertiary/aromatic N) is 2. The molecule has 2 rings (SSSR count). The van der Waals surface area contributed by atoms with Crippen molar-refractivity contribution in [3.05, 3.63) is 10.6 Å². The lowest BCUT2D eigenvalue weighted by molar-refractivity contribution is 0.152. The molecule has 2 heterocycles. The van der Waals surface area contributed by atoms with Crippen LogP contribution in [-0.2, 0) is 11.3 Å². The van der Waals surface area contributed by atoms with E-state index in [-0.39, 0.29) is 0 Å². The van der Waals surface area contributed by atoms with Gasteiger partial charge in [-0.15, -0.1) is 11.3 Å². The van der Waals surface area contributed by atoms with Gasteiger partial charge in [0.25, 0.3) is 0 Å². The van der Waals surface area contributed by atoms with Gasteiger partial charge in [-0.05, 0) is 25.3 Å². The van der Waals surface area contributed by atoms with E-state index in [4.69, 9.17) is 9.72 Å². The van der Waals surface area contributed by atoms with Crippen molar-refractivity contribution in [2.24, 2.45) is 0 Å². The Morgan fingerprint density at radius 3 is 2.95 bits per heavy atom. The summed E-state index contributed by atoms with van der Waals surface area (Å²) < 4.78 is 5.53. The molecule has 1 aromatic rings. The summed E-state index contributed by atoms with van der Waals surface area (Å²) in [5.74, 6) is 0.488. The van der Waals surface area contributed by atoms with Crippen LogP contribution in [0, 0.1) is 0 Å². The van der Waals surface area contributed by atoms with Crippen LogP contribution in [0.5, 0.6) is 0 Å². The smallest absolute Gasteiger partial charge is 0.185 e. The van der Waals surface area contributed by atoms with E-state index >= 15 is 0 Å². The van der Waals surface area contributed by atoms with E-state index in [0.717, 1.165) is 45.8 Å². The van der Waals surface area contributed by atoms with Gasteiger partial charge < -0.3 is 15.0 Å². The number of hydrogen-bond acceptors (Lipinski definition) is 5. The van der Waals surface area contributed by atoms with Crippen molar-refractivity contribution >= 4 is 16.5 Å². The van der Waals surface area contributed by atoms with E-state index in [0.29, 0.717) is 5.92 Å². The average molecular weight is 297 g/mol. The second-order valence-electron chi connectivity index (χ2n) is 5.59. The van der Waals surface area contributed by atoms with Crippen LogP contribution in [0.4, 0.5) is 5.13 Å². The molecule has 1 saturated heterocycles. The molecule has 0 amide bonds. The van der Waals surface area contributed by atoms with E-state index in [1.165, 1.54) is 22.1 Å². The third-order valence-corrected chi connectivity index (χ3v) is 4.60. The van der Waals surface area contributed by atoms with Gasteiger partial charge in [-0.3, -0.25) is 0 Å². The zero-order valence-corrected chi connectivity index (χ0v) is 13.8. The second kappa shape index (κ2) is 7.96. The Bertz CT molecular complexity index is 398. The molecule has 0 aromatic carbocycles. The van der Waals surface area contributed by atoms with Gasteiger partial charge in [0.05, 0.1) is 12.3 Å². The highest BCUT2D eigenvalue weighted by molar-refractivity contribution is 7.15. The Morgan fingerprint density at radius 2 is 2.20 bits per heavy atom. The van der Waals surface area contributed by atoms with Crippen molar-refractivity contribution in [1.82, 2.24) is 10.3 Å². The molecule has 0 spiro atoms. The summed E-state index contributed by atoms with van der Waals surface area (Å²) >= 11 is 1.85. The Balaban J connectivity index is 2.10. The lowest BCUT2D eigenvalue weighted by Gasteiger charge is -2.17. The van der Waals surface area contributed by atoms with Crippen molar-refractivity contribution in [3.63, 3.8) is 0 Å². The van der Waals surface area contributed by atoms with Gasteiger partial charge in [0.2, 0.25) is 0 Å². The highest BCUT2D eigenvalue weighted by atomic mass is 32.1. The number of nitrogens with one attached hydrogen (secondary N) is 1. The van der Waals surface area contributed by atoms with Crippen LogP contribution in [0.15, 0.2) is 0 Å². The molecule has 114 valence electrons. The molecule has 0 aliphatic carbocycles. The summed E-state index contributed by atoms with van der Waals surface area (Å²) in [5, 5.41) is 4.68. The first-order valence-corrected chi connectivity index (χ1v) is 8.57. The molecule has 1 aromatic heterocycles. The highest BCUT2D eigenvalue weighted by Crippen LogP contribution is 2.31. The third-order valence-electron chi connectivity index (χ3n) is 3.47. The summed E-state index contributed by atoms with van der Waals surface area (Å²) in [6, 6.07) is 0. The third kappa shape index (κ3) is 4.17. The highest BCUT2D eigenvalue weighted by Gasteiger charge is 2.19. The molecule has 4 nitrogen and oxygen atoms in total. The lowest BCUT2D eigenvalue weighted by Crippen LogP contribution is -2.25. The molecular formula is C15H27N3OS. The molecule has 1 fully saturated rings. The number of thiazole rings is 1. The molecule has 1 N–H and O–H groups in total. The van der Waals surface area contributed by atoms with Crippen molar-refractivity contribution < 1.29 is 4.74 Å². The van der Waals surface area contributed by atoms with Gasteiger partial charge in [0.15, 0.2) is 5.13 Å². The largest absolute Gasteiger partial charge is 0.380 e. The minimum absolute atomic E-state index is 0.488. The number of hydrogen-bond donors (Lipinski definition) is 1. The predicted octanol–water partition coefficient (Wildman–Crippen LogP) is 2.99. The van der Waals surface area contributed by atoms with E-state index < -0.39 is 0 Å². The first-order valence-electron chi connectivity index (χ1n) is 7.75. The monoisotopic (exact) mass is 297 g/mol. The maximum Gasteiger partial charge on any atom is 0.185 e. The van der Waals surface area contributed by atoms with Crippen LogP contribution in [0.25, 0.3) is 0 Å². The van der Waals surface area contributed by atoms with E-state index in [1.807, 2.05) is 11.3 Å². The van der Waals surface area contributed by atoms with E-state index in [2.05, 4.69) is 31.0 Å². The predicted molar refractivity (Wildman–Crippen MR) is 85.8 cm³/mol. The Kier molecular flexibility index (Phi) is 6.26. The zero-order chi connectivity index (χ0) is 14.4. The van der Waals surface area contributed by atoms with Crippen LogP contribution in [0.1, 0.15) is 50.1 Å². The zero-order valence-electron chi connectivity index (χ0n) is 12.9. The summed E-state index contributed by atoms with van der Waals surface area (Å²) in [6.45, 7) is 12.4. The van der Waals surface area contributed by atoms with Gasteiger partial charge in [-0.1, -0.05) is 20.8 Å². The number of ether oxygens (including phenoxy) is 1. The molecule has 0 bridgehead atoms. The molecule has 0 radical (unpaired) electrons. The fraction of sp³-hybridized carbons (Fsp3) is 0.800. The van der Waals surface area contributed by atoms with E-state index in [9.17, 15) is 0 Å². The first kappa shape index (κ1) is 15.7. The average Bonchev–Trinajstić information content (AvgIpc) is 2.67. The molecule has 1 aliphatic heterocycles.